The van der Waals surface area contributed by atoms with Gasteiger partial charge in [0.15, 0.2) is 5.96 Å². The number of benzene rings is 1. The zero-order valence-corrected chi connectivity index (χ0v) is 17.9. The first-order valence-electron chi connectivity index (χ1n) is 10.4. The summed E-state index contributed by atoms with van der Waals surface area (Å²) in [5, 5.41) is 6.26. The average molecular weight is 422 g/mol. The van der Waals surface area contributed by atoms with Gasteiger partial charge in [-0.2, -0.15) is 0 Å². The van der Waals surface area contributed by atoms with Gasteiger partial charge in [-0.1, -0.05) is 18.2 Å². The standard InChI is InChI=1S/C20H31N5O3S/c1-2-21-20(22-11-6-14-24-13-5-9-19(24)26)23-12-16-29(27,28)25-15-10-17-7-3-4-8-18(17)25/h3-4,7-8H,2,5-6,9-16H2,1H3,(H2,21,22,23). The van der Waals surface area contributed by atoms with Crippen LogP contribution in [0, 0.1) is 0 Å². The Morgan fingerprint density at radius 1 is 1.17 bits per heavy atom. The van der Waals surface area contributed by atoms with Crippen LogP contribution in [0.3, 0.4) is 0 Å². The highest BCUT2D eigenvalue weighted by molar-refractivity contribution is 7.92. The highest BCUT2D eigenvalue weighted by atomic mass is 32.2. The van der Waals surface area contributed by atoms with E-state index in [1.54, 1.807) is 0 Å². The number of anilines is 1. The quantitative estimate of drug-likeness (QED) is 0.352. The molecule has 1 amide bonds. The van der Waals surface area contributed by atoms with E-state index in [9.17, 15) is 13.2 Å². The van der Waals surface area contributed by atoms with Crippen molar-refractivity contribution in [2.45, 2.75) is 32.6 Å². The van der Waals surface area contributed by atoms with Crippen LogP contribution in [0.4, 0.5) is 5.69 Å². The van der Waals surface area contributed by atoms with Gasteiger partial charge >= 0.3 is 0 Å². The van der Waals surface area contributed by atoms with E-state index in [2.05, 4.69) is 15.6 Å². The summed E-state index contributed by atoms with van der Waals surface area (Å²) >= 11 is 0. The third-order valence-electron chi connectivity index (χ3n) is 5.20. The Bertz CT molecular complexity index is 840. The molecule has 1 aromatic rings. The third kappa shape index (κ3) is 5.62. The van der Waals surface area contributed by atoms with Crippen molar-refractivity contribution >= 4 is 27.6 Å². The van der Waals surface area contributed by atoms with E-state index in [-0.39, 0.29) is 18.2 Å². The molecule has 0 saturated carbocycles. The molecule has 2 aliphatic rings. The van der Waals surface area contributed by atoms with Crippen LogP contribution in [-0.2, 0) is 21.2 Å². The van der Waals surface area contributed by atoms with Gasteiger partial charge in [0.1, 0.15) is 0 Å². The molecule has 3 rings (SSSR count). The lowest BCUT2D eigenvalue weighted by Crippen LogP contribution is -2.42. The topological polar surface area (TPSA) is 94.1 Å². The van der Waals surface area contributed by atoms with Crippen molar-refractivity contribution in [3.05, 3.63) is 29.8 Å². The van der Waals surface area contributed by atoms with E-state index in [0.717, 1.165) is 43.6 Å². The van der Waals surface area contributed by atoms with Crippen LogP contribution in [0.15, 0.2) is 29.3 Å². The molecular formula is C20H31N5O3S. The number of nitrogens with one attached hydrogen (secondary N) is 2. The van der Waals surface area contributed by atoms with Crippen molar-refractivity contribution in [3.8, 4) is 0 Å². The highest BCUT2D eigenvalue weighted by Gasteiger charge is 2.28. The minimum Gasteiger partial charge on any atom is -0.357 e. The lowest BCUT2D eigenvalue weighted by Gasteiger charge is -2.20. The molecule has 0 radical (unpaired) electrons. The number of guanidine groups is 1. The Kier molecular flexibility index (Phi) is 7.35. The predicted octanol–water partition coefficient (Wildman–Crippen LogP) is 0.947. The second kappa shape index (κ2) is 9.96. The van der Waals surface area contributed by atoms with Crippen molar-refractivity contribution < 1.29 is 13.2 Å². The van der Waals surface area contributed by atoms with Gasteiger partial charge in [-0.25, -0.2) is 8.42 Å². The molecule has 0 aliphatic carbocycles. The zero-order valence-electron chi connectivity index (χ0n) is 17.1. The average Bonchev–Trinajstić information content (AvgIpc) is 3.31. The van der Waals surface area contributed by atoms with E-state index in [0.29, 0.717) is 32.0 Å². The molecular weight excluding hydrogens is 390 g/mol. The molecule has 160 valence electrons. The predicted molar refractivity (Wildman–Crippen MR) is 116 cm³/mol. The first kappa shape index (κ1) is 21.4. The fourth-order valence-electron chi connectivity index (χ4n) is 3.74. The van der Waals surface area contributed by atoms with Gasteiger partial charge in [0, 0.05) is 45.7 Å². The fourth-order valence-corrected chi connectivity index (χ4v) is 5.17. The Balaban J connectivity index is 1.46. The van der Waals surface area contributed by atoms with Gasteiger partial charge < -0.3 is 15.5 Å². The van der Waals surface area contributed by atoms with Crippen LogP contribution < -0.4 is 14.9 Å². The molecule has 29 heavy (non-hydrogen) atoms. The van der Waals surface area contributed by atoms with E-state index in [1.165, 1.54) is 4.31 Å². The van der Waals surface area contributed by atoms with E-state index >= 15 is 0 Å². The molecule has 1 fully saturated rings. The summed E-state index contributed by atoms with van der Waals surface area (Å²) in [6, 6.07) is 7.66. The van der Waals surface area contributed by atoms with Crippen molar-refractivity contribution in [3.63, 3.8) is 0 Å². The third-order valence-corrected chi connectivity index (χ3v) is 6.98. The molecule has 1 aromatic carbocycles. The molecule has 2 aliphatic heterocycles. The Morgan fingerprint density at radius 3 is 2.76 bits per heavy atom. The zero-order chi connectivity index (χ0) is 20.7. The number of aliphatic imine (C=N–C) groups is 1. The van der Waals surface area contributed by atoms with Crippen molar-refractivity contribution in [1.29, 1.82) is 0 Å². The van der Waals surface area contributed by atoms with Crippen LogP contribution in [0.2, 0.25) is 0 Å². The maximum Gasteiger partial charge on any atom is 0.236 e. The van der Waals surface area contributed by atoms with Crippen LogP contribution in [0.1, 0.15) is 31.7 Å². The number of carbonyl (C=O) groups excluding carboxylic acids is 1. The van der Waals surface area contributed by atoms with Gasteiger partial charge in [-0.15, -0.1) is 0 Å². The molecule has 1 saturated heterocycles. The van der Waals surface area contributed by atoms with Crippen molar-refractivity contribution in [1.82, 2.24) is 15.5 Å². The minimum atomic E-state index is -3.38. The molecule has 8 nitrogen and oxygen atoms in total. The number of amides is 1. The molecule has 0 aromatic heterocycles. The molecule has 0 unspecified atom stereocenters. The summed E-state index contributed by atoms with van der Waals surface area (Å²) in [5.41, 5.74) is 1.87. The molecule has 9 heteroatoms. The van der Waals surface area contributed by atoms with E-state index in [4.69, 9.17) is 0 Å². The molecule has 2 heterocycles. The number of sulfonamides is 1. The van der Waals surface area contributed by atoms with Gasteiger partial charge in [-0.3, -0.25) is 14.1 Å². The summed E-state index contributed by atoms with van der Waals surface area (Å²) in [6.45, 7) is 5.62. The van der Waals surface area contributed by atoms with Crippen LogP contribution in [0.5, 0.6) is 0 Å². The summed E-state index contributed by atoms with van der Waals surface area (Å²) in [7, 11) is -3.38. The van der Waals surface area contributed by atoms with Crippen LogP contribution in [-0.4, -0.2) is 70.2 Å². The maximum absolute atomic E-state index is 12.8. The Morgan fingerprint density at radius 2 is 2.00 bits per heavy atom. The maximum atomic E-state index is 12.8. The van der Waals surface area contributed by atoms with Crippen molar-refractivity contribution in [2.75, 3.05) is 49.3 Å². The van der Waals surface area contributed by atoms with Gasteiger partial charge in [0.2, 0.25) is 15.9 Å². The fraction of sp³-hybridized carbons (Fsp3) is 0.600. The number of nitrogens with zero attached hydrogens (tertiary/aromatic N) is 3. The molecule has 0 bridgehead atoms. The van der Waals surface area contributed by atoms with Gasteiger partial charge in [0.25, 0.3) is 0 Å². The number of hydrogen-bond acceptors (Lipinski definition) is 4. The van der Waals surface area contributed by atoms with Crippen molar-refractivity contribution in [2.24, 2.45) is 4.99 Å². The minimum absolute atomic E-state index is 0.00796. The lowest BCUT2D eigenvalue weighted by molar-refractivity contribution is -0.127. The molecule has 0 atom stereocenters. The monoisotopic (exact) mass is 421 g/mol. The normalized spacial score (nSPS) is 17.0. The van der Waals surface area contributed by atoms with Gasteiger partial charge in [-0.05, 0) is 37.8 Å². The number of rotatable bonds is 9. The first-order valence-corrected chi connectivity index (χ1v) is 12.0. The van der Waals surface area contributed by atoms with E-state index in [1.807, 2.05) is 36.1 Å². The van der Waals surface area contributed by atoms with Crippen LogP contribution >= 0.6 is 0 Å². The van der Waals surface area contributed by atoms with Gasteiger partial charge in [0.05, 0.1) is 11.4 Å². The Hall–Kier alpha value is -2.29. The molecule has 0 spiro atoms. The molecule has 2 N–H and O–H groups in total. The summed E-state index contributed by atoms with van der Waals surface area (Å²) < 4.78 is 27.0. The SMILES string of the molecule is CCNC(=NCCCN1CCCC1=O)NCCS(=O)(=O)N1CCc2ccccc21. The Labute approximate surface area is 173 Å². The largest absolute Gasteiger partial charge is 0.357 e. The smallest absolute Gasteiger partial charge is 0.236 e. The number of fused-ring (bicyclic) bond motifs is 1. The van der Waals surface area contributed by atoms with E-state index < -0.39 is 10.0 Å². The highest BCUT2D eigenvalue weighted by Crippen LogP contribution is 2.29. The van der Waals surface area contributed by atoms with Crippen LogP contribution in [0.25, 0.3) is 0 Å². The second-order valence-corrected chi connectivity index (χ2v) is 9.31. The first-order chi connectivity index (χ1) is 14.0. The second-order valence-electron chi connectivity index (χ2n) is 7.29. The lowest BCUT2D eigenvalue weighted by atomic mass is 10.2. The number of hydrogen-bond donors (Lipinski definition) is 2. The number of para-hydroxylation sites is 1. The number of carbonyl (C=O) groups is 1. The summed E-state index contributed by atoms with van der Waals surface area (Å²) in [5.74, 6) is 0.846. The number of likely N-dealkylation sites (tertiary alicyclic amines) is 1. The summed E-state index contributed by atoms with van der Waals surface area (Å²) in [4.78, 5) is 18.0. The summed E-state index contributed by atoms with van der Waals surface area (Å²) in [6.07, 6.45) is 3.16.